The summed E-state index contributed by atoms with van der Waals surface area (Å²) in [6, 6.07) is 14.7. The number of nitrogens with two attached hydrogens (primary N) is 1. The Balaban J connectivity index is 1.36. The first-order valence-corrected chi connectivity index (χ1v) is 14.2. The molecule has 0 bridgehead atoms. The van der Waals surface area contributed by atoms with Crippen LogP contribution in [0.25, 0.3) is 0 Å². The average Bonchev–Trinajstić information content (AvgIpc) is 3.45. The first-order chi connectivity index (χ1) is 18.6. The quantitative estimate of drug-likeness (QED) is 0.573. The molecule has 4 amide bonds. The Hall–Kier alpha value is -3.10. The van der Waals surface area contributed by atoms with Crippen LogP contribution in [-0.2, 0) is 21.4 Å². The number of fused-ring (bicyclic) bond motifs is 1. The van der Waals surface area contributed by atoms with Gasteiger partial charge in [-0.05, 0) is 75.9 Å². The molecule has 2 fully saturated rings. The lowest BCUT2D eigenvalue weighted by atomic mass is 9.86. The van der Waals surface area contributed by atoms with Crippen LogP contribution in [0.2, 0.25) is 5.02 Å². The normalized spacial score (nSPS) is 23.7. The number of amides is 4. The van der Waals surface area contributed by atoms with Crippen molar-refractivity contribution in [2.45, 2.75) is 63.1 Å². The molecule has 2 unspecified atom stereocenters. The van der Waals surface area contributed by atoms with Gasteiger partial charge in [0.15, 0.2) is 0 Å². The lowest BCUT2D eigenvalue weighted by molar-refractivity contribution is -0.138. The Bertz CT molecular complexity index is 1240. The van der Waals surface area contributed by atoms with Gasteiger partial charge < -0.3 is 25.8 Å². The number of carbonyl (C=O) groups is 3. The van der Waals surface area contributed by atoms with Gasteiger partial charge in [0.25, 0.3) is 0 Å². The van der Waals surface area contributed by atoms with Gasteiger partial charge in [-0.15, -0.1) is 0 Å². The molecular formula is C30H38ClN5O3. The summed E-state index contributed by atoms with van der Waals surface area (Å²) in [4.78, 5) is 45.6. The summed E-state index contributed by atoms with van der Waals surface area (Å²) in [7, 11) is 1.86. The Kier molecular flexibility index (Phi) is 7.62. The van der Waals surface area contributed by atoms with Crippen LogP contribution < -0.4 is 16.0 Å². The van der Waals surface area contributed by atoms with Gasteiger partial charge in [0.1, 0.15) is 0 Å². The van der Waals surface area contributed by atoms with Crippen LogP contribution in [0.5, 0.6) is 0 Å². The minimum atomic E-state index is -0.559. The highest BCUT2D eigenvalue weighted by molar-refractivity contribution is 6.30. The van der Waals surface area contributed by atoms with Gasteiger partial charge in [0.05, 0.1) is 17.4 Å². The van der Waals surface area contributed by atoms with Crippen LogP contribution in [0.4, 0.5) is 10.5 Å². The summed E-state index contributed by atoms with van der Waals surface area (Å²) in [5.41, 5.74) is 8.24. The molecule has 3 heterocycles. The van der Waals surface area contributed by atoms with Crippen molar-refractivity contribution in [1.82, 2.24) is 15.1 Å². The molecule has 0 spiro atoms. The van der Waals surface area contributed by atoms with Gasteiger partial charge in [-0.25, -0.2) is 4.79 Å². The lowest BCUT2D eigenvalue weighted by Gasteiger charge is -2.41. The van der Waals surface area contributed by atoms with E-state index < -0.39 is 17.4 Å². The Morgan fingerprint density at radius 3 is 2.36 bits per heavy atom. The highest BCUT2D eigenvalue weighted by atomic mass is 35.5. The molecule has 2 saturated heterocycles. The number of para-hydroxylation sites is 1. The third kappa shape index (κ3) is 5.00. The van der Waals surface area contributed by atoms with E-state index in [4.69, 9.17) is 17.3 Å². The number of hydrogen-bond acceptors (Lipinski definition) is 4. The largest absolute Gasteiger partial charge is 0.351 e. The molecule has 5 rings (SSSR count). The van der Waals surface area contributed by atoms with Gasteiger partial charge in [-0.2, -0.15) is 0 Å². The third-order valence-electron chi connectivity index (χ3n) is 8.94. The zero-order valence-corrected chi connectivity index (χ0v) is 23.7. The molecule has 3 aliphatic rings. The number of likely N-dealkylation sites (tertiary alicyclic amines) is 2. The van der Waals surface area contributed by atoms with Crippen molar-refractivity contribution >= 4 is 35.1 Å². The standard InChI is InChI=1S/C30H38ClN5O3/c1-30(2)23-6-4-5-7-25(23)36(28(30)38)21-12-15-34(16-13-21)27(37)22(18-19-8-10-20(31)11-9-19)26-24(33-3)14-17-35(26)29(32)39/h4-11,21-22,24,26,33H,12-18H2,1-3H3,(H2,32,39)/t22-,24?,26?/m0/s1. The second kappa shape index (κ2) is 10.8. The van der Waals surface area contributed by atoms with Gasteiger partial charge in [0.2, 0.25) is 11.8 Å². The maximum absolute atomic E-state index is 14.2. The fourth-order valence-corrected chi connectivity index (χ4v) is 6.92. The molecule has 39 heavy (non-hydrogen) atoms. The monoisotopic (exact) mass is 551 g/mol. The Labute approximate surface area is 235 Å². The van der Waals surface area contributed by atoms with Crippen molar-refractivity contribution < 1.29 is 14.4 Å². The maximum Gasteiger partial charge on any atom is 0.315 e. The van der Waals surface area contributed by atoms with Crippen LogP contribution in [-0.4, -0.2) is 72.5 Å². The predicted octanol–water partition coefficient (Wildman–Crippen LogP) is 3.56. The van der Waals surface area contributed by atoms with Crippen molar-refractivity contribution in [3.8, 4) is 0 Å². The number of primary amides is 1. The van der Waals surface area contributed by atoms with E-state index in [1.165, 1.54) is 0 Å². The Morgan fingerprint density at radius 2 is 1.72 bits per heavy atom. The van der Waals surface area contributed by atoms with Crippen LogP contribution in [0, 0.1) is 5.92 Å². The number of nitrogens with zero attached hydrogens (tertiary/aromatic N) is 3. The van der Waals surface area contributed by atoms with E-state index >= 15 is 0 Å². The number of carbonyl (C=O) groups excluding carboxylic acids is 3. The topological polar surface area (TPSA) is 99.0 Å². The number of nitrogens with one attached hydrogen (secondary N) is 1. The van der Waals surface area contributed by atoms with E-state index in [0.717, 1.165) is 23.2 Å². The van der Waals surface area contributed by atoms with Crippen LogP contribution >= 0.6 is 11.6 Å². The molecule has 3 atom stereocenters. The molecule has 2 aromatic rings. The highest BCUT2D eigenvalue weighted by Gasteiger charge is 2.48. The minimum Gasteiger partial charge on any atom is -0.351 e. The molecule has 0 aliphatic carbocycles. The lowest BCUT2D eigenvalue weighted by Crippen LogP contribution is -2.57. The molecule has 208 valence electrons. The van der Waals surface area contributed by atoms with Gasteiger partial charge in [0, 0.05) is 42.4 Å². The zero-order valence-electron chi connectivity index (χ0n) is 22.9. The van der Waals surface area contributed by atoms with Gasteiger partial charge in [-0.1, -0.05) is 41.9 Å². The van der Waals surface area contributed by atoms with E-state index in [-0.39, 0.29) is 29.9 Å². The molecule has 9 heteroatoms. The molecule has 3 N–H and O–H groups in total. The van der Waals surface area contributed by atoms with Crippen LogP contribution in [0.3, 0.4) is 0 Å². The van der Waals surface area contributed by atoms with Crippen molar-refractivity contribution in [3.05, 3.63) is 64.7 Å². The fraction of sp³-hybridized carbons (Fsp3) is 0.500. The first-order valence-electron chi connectivity index (χ1n) is 13.8. The second-order valence-corrected chi connectivity index (χ2v) is 12.0. The number of urea groups is 1. The average molecular weight is 552 g/mol. The second-order valence-electron chi connectivity index (χ2n) is 11.5. The molecule has 0 aromatic heterocycles. The smallest absolute Gasteiger partial charge is 0.315 e. The SMILES string of the molecule is CNC1CCN(C(N)=O)C1[C@H](Cc1ccc(Cl)cc1)C(=O)N1CCC(N2C(=O)C(C)(C)c3ccccc32)CC1. The number of piperidine rings is 1. The molecule has 8 nitrogen and oxygen atoms in total. The Morgan fingerprint density at radius 1 is 1.05 bits per heavy atom. The summed E-state index contributed by atoms with van der Waals surface area (Å²) >= 11 is 6.11. The number of likely N-dealkylation sites (N-methyl/N-ethyl adjacent to an activating group) is 1. The third-order valence-corrected chi connectivity index (χ3v) is 9.19. The van der Waals surface area contributed by atoms with Crippen LogP contribution in [0.1, 0.15) is 44.2 Å². The summed E-state index contributed by atoms with van der Waals surface area (Å²) in [6.45, 7) is 5.60. The van der Waals surface area contributed by atoms with E-state index in [9.17, 15) is 14.4 Å². The van der Waals surface area contributed by atoms with Crippen LogP contribution in [0.15, 0.2) is 48.5 Å². The predicted molar refractivity (Wildman–Crippen MR) is 153 cm³/mol. The molecule has 2 aromatic carbocycles. The minimum absolute atomic E-state index is 0.0234. The van der Waals surface area contributed by atoms with E-state index in [1.807, 2.05) is 79.2 Å². The molecule has 0 radical (unpaired) electrons. The van der Waals surface area contributed by atoms with Crippen molar-refractivity contribution in [2.75, 3.05) is 31.6 Å². The first kappa shape index (κ1) is 27.5. The van der Waals surface area contributed by atoms with E-state index in [0.29, 0.717) is 43.9 Å². The maximum atomic E-state index is 14.2. The zero-order chi connectivity index (χ0) is 27.9. The summed E-state index contributed by atoms with van der Waals surface area (Å²) in [5, 5.41) is 3.95. The molecule has 3 aliphatic heterocycles. The highest BCUT2D eigenvalue weighted by Crippen LogP contribution is 2.43. The van der Waals surface area contributed by atoms with Crippen molar-refractivity contribution in [3.63, 3.8) is 0 Å². The van der Waals surface area contributed by atoms with Crippen molar-refractivity contribution in [1.29, 1.82) is 0 Å². The molecule has 0 saturated carbocycles. The van der Waals surface area contributed by atoms with E-state index in [1.54, 1.807) is 4.90 Å². The van der Waals surface area contributed by atoms with Gasteiger partial charge in [-0.3, -0.25) is 9.59 Å². The number of rotatable bonds is 6. The summed E-state index contributed by atoms with van der Waals surface area (Å²) in [5.74, 6) is -0.312. The van der Waals surface area contributed by atoms with Crippen molar-refractivity contribution in [2.24, 2.45) is 11.7 Å². The number of anilines is 1. The van der Waals surface area contributed by atoms with E-state index in [2.05, 4.69) is 5.32 Å². The number of hydrogen-bond donors (Lipinski definition) is 2. The van der Waals surface area contributed by atoms with Gasteiger partial charge >= 0.3 is 6.03 Å². The number of halogens is 1. The number of benzene rings is 2. The molecular weight excluding hydrogens is 514 g/mol. The summed E-state index contributed by atoms with van der Waals surface area (Å²) < 4.78 is 0. The fourth-order valence-electron chi connectivity index (χ4n) is 6.79. The summed E-state index contributed by atoms with van der Waals surface area (Å²) in [6.07, 6.45) is 2.63.